The summed E-state index contributed by atoms with van der Waals surface area (Å²) in [5.41, 5.74) is 4.65. The molecule has 130 valence electrons. The number of hydrogen-bond acceptors (Lipinski definition) is 4. The van der Waals surface area contributed by atoms with Crippen LogP contribution in [0.1, 0.15) is 24.0 Å². The van der Waals surface area contributed by atoms with Crippen LogP contribution in [0.4, 0.5) is 4.79 Å². The van der Waals surface area contributed by atoms with Crippen LogP contribution in [-0.4, -0.2) is 34.9 Å². The molecule has 0 aromatic heterocycles. The monoisotopic (exact) mass is 451 g/mol. The van der Waals surface area contributed by atoms with Gasteiger partial charge in [-0.05, 0) is 29.2 Å². The van der Waals surface area contributed by atoms with Gasteiger partial charge >= 0.3 is 12.1 Å². The summed E-state index contributed by atoms with van der Waals surface area (Å²) < 4.78 is 11.4. The van der Waals surface area contributed by atoms with Gasteiger partial charge < -0.3 is 9.47 Å². The second-order valence-corrected chi connectivity index (χ2v) is 6.85. The van der Waals surface area contributed by atoms with Crippen LogP contribution < -0.4 is 0 Å². The van der Waals surface area contributed by atoms with E-state index in [9.17, 15) is 9.59 Å². The van der Waals surface area contributed by atoms with Crippen molar-refractivity contribution in [3.63, 3.8) is 0 Å². The average molecular weight is 451 g/mol. The van der Waals surface area contributed by atoms with Crippen molar-refractivity contribution in [3.8, 4) is 11.1 Å². The van der Waals surface area contributed by atoms with Gasteiger partial charge in [0, 0.05) is 5.92 Å². The molecule has 2 aromatic rings. The summed E-state index contributed by atoms with van der Waals surface area (Å²) in [5.74, 6) is -0.488. The van der Waals surface area contributed by atoms with E-state index in [1.54, 1.807) is 29.8 Å². The SMILES string of the molecule is COC(=O)[C@H](C)N(I)C(=O)OCC1c2ccccc2-c2ccccc21. The lowest BCUT2D eigenvalue weighted by Gasteiger charge is -2.21. The second kappa shape index (κ2) is 7.43. The highest BCUT2D eigenvalue weighted by Crippen LogP contribution is 2.44. The molecule has 0 bridgehead atoms. The number of ether oxygens (including phenoxy) is 2. The molecule has 0 heterocycles. The maximum atomic E-state index is 12.3. The number of methoxy groups -OCH3 is 1. The zero-order chi connectivity index (χ0) is 18.0. The van der Waals surface area contributed by atoms with Gasteiger partial charge in [0.25, 0.3) is 0 Å². The lowest BCUT2D eigenvalue weighted by atomic mass is 9.98. The number of hydrogen-bond donors (Lipinski definition) is 0. The predicted molar refractivity (Wildman–Crippen MR) is 102 cm³/mol. The lowest BCUT2D eigenvalue weighted by molar-refractivity contribution is -0.143. The molecule has 0 aliphatic heterocycles. The average Bonchev–Trinajstić information content (AvgIpc) is 2.98. The molecule has 0 fully saturated rings. The Morgan fingerprint density at radius 3 is 2.12 bits per heavy atom. The Morgan fingerprint density at radius 2 is 1.60 bits per heavy atom. The van der Waals surface area contributed by atoms with Gasteiger partial charge in [0.1, 0.15) is 12.6 Å². The van der Waals surface area contributed by atoms with Crippen LogP contribution in [-0.2, 0) is 14.3 Å². The summed E-state index contributed by atoms with van der Waals surface area (Å²) in [6.45, 7) is 1.82. The zero-order valence-corrected chi connectivity index (χ0v) is 16.1. The number of carbonyl (C=O) groups is 2. The van der Waals surface area contributed by atoms with Crippen molar-refractivity contribution in [2.24, 2.45) is 0 Å². The minimum atomic E-state index is -0.707. The van der Waals surface area contributed by atoms with Gasteiger partial charge in [-0.2, -0.15) is 0 Å². The first kappa shape index (κ1) is 17.7. The third-order valence-corrected chi connectivity index (χ3v) is 5.62. The summed E-state index contributed by atoms with van der Waals surface area (Å²) >= 11 is 1.78. The van der Waals surface area contributed by atoms with E-state index in [4.69, 9.17) is 4.74 Å². The Labute approximate surface area is 160 Å². The summed E-state index contributed by atoms with van der Waals surface area (Å²) in [6.07, 6.45) is -0.555. The van der Waals surface area contributed by atoms with Crippen LogP contribution in [0, 0.1) is 0 Å². The van der Waals surface area contributed by atoms with Gasteiger partial charge in [0.15, 0.2) is 0 Å². The Bertz CT molecular complexity index is 762. The van der Waals surface area contributed by atoms with Gasteiger partial charge in [-0.3, -0.25) is 0 Å². The normalized spacial score (nSPS) is 13.6. The molecule has 1 amide bonds. The molecule has 0 unspecified atom stereocenters. The fourth-order valence-electron chi connectivity index (χ4n) is 3.08. The van der Waals surface area contributed by atoms with Crippen molar-refractivity contribution in [1.82, 2.24) is 3.11 Å². The van der Waals surface area contributed by atoms with Crippen LogP contribution in [0.25, 0.3) is 11.1 Å². The third kappa shape index (κ3) is 3.35. The van der Waals surface area contributed by atoms with E-state index in [0.29, 0.717) is 0 Å². The molecule has 1 atom stereocenters. The Balaban J connectivity index is 1.75. The minimum absolute atomic E-state index is 0.00502. The smallest absolute Gasteiger partial charge is 0.419 e. The third-order valence-electron chi connectivity index (χ3n) is 4.39. The first-order chi connectivity index (χ1) is 12.0. The van der Waals surface area contributed by atoms with Crippen molar-refractivity contribution in [1.29, 1.82) is 0 Å². The molecule has 0 N–H and O–H groups in total. The zero-order valence-electron chi connectivity index (χ0n) is 13.9. The van der Waals surface area contributed by atoms with E-state index in [2.05, 4.69) is 29.0 Å². The molecule has 0 spiro atoms. The Morgan fingerprint density at radius 1 is 1.08 bits per heavy atom. The number of amides is 1. The topological polar surface area (TPSA) is 55.8 Å². The van der Waals surface area contributed by atoms with Crippen LogP contribution in [0.5, 0.6) is 0 Å². The van der Waals surface area contributed by atoms with E-state index in [1.807, 2.05) is 24.3 Å². The highest BCUT2D eigenvalue weighted by atomic mass is 127. The summed E-state index contributed by atoms with van der Waals surface area (Å²) in [6, 6.07) is 15.6. The molecular weight excluding hydrogens is 433 g/mol. The minimum Gasteiger partial charge on any atom is -0.467 e. The summed E-state index contributed by atoms with van der Waals surface area (Å²) in [7, 11) is 1.29. The Kier molecular flexibility index (Phi) is 5.27. The van der Waals surface area contributed by atoms with Crippen molar-refractivity contribution in [2.45, 2.75) is 18.9 Å². The lowest BCUT2D eigenvalue weighted by Crippen LogP contribution is -2.37. The first-order valence-corrected chi connectivity index (χ1v) is 8.89. The molecule has 25 heavy (non-hydrogen) atoms. The largest absolute Gasteiger partial charge is 0.467 e. The molecule has 5 nitrogen and oxygen atoms in total. The van der Waals surface area contributed by atoms with Crippen LogP contribution in [0.3, 0.4) is 0 Å². The highest BCUT2D eigenvalue weighted by molar-refractivity contribution is 14.1. The van der Waals surface area contributed by atoms with Gasteiger partial charge in [0.05, 0.1) is 30.0 Å². The maximum absolute atomic E-state index is 12.3. The molecule has 1 aliphatic carbocycles. The Hall–Kier alpha value is -2.09. The number of esters is 1. The van der Waals surface area contributed by atoms with E-state index < -0.39 is 18.1 Å². The standard InChI is InChI=1S/C19H18INO4/c1-12(18(22)24-2)21(20)19(23)25-11-17-15-9-5-3-7-13(15)14-8-4-6-10-16(14)17/h3-10,12,17H,11H2,1-2H3/t12-/m0/s1. The number of nitrogens with zero attached hydrogens (tertiary/aromatic N) is 1. The van der Waals surface area contributed by atoms with E-state index >= 15 is 0 Å². The molecule has 0 radical (unpaired) electrons. The molecule has 3 rings (SSSR count). The molecule has 6 heteroatoms. The highest BCUT2D eigenvalue weighted by Gasteiger charge is 2.31. The number of fused-ring (bicyclic) bond motifs is 3. The number of halogens is 1. The molecular formula is C19H18INO4. The van der Waals surface area contributed by atoms with Crippen molar-refractivity contribution in [3.05, 3.63) is 59.7 Å². The summed E-state index contributed by atoms with van der Waals surface area (Å²) in [4.78, 5) is 23.8. The van der Waals surface area contributed by atoms with E-state index in [-0.39, 0.29) is 12.5 Å². The summed E-state index contributed by atoms with van der Waals surface area (Å²) in [5, 5.41) is 0. The molecule has 0 saturated heterocycles. The fourth-order valence-corrected chi connectivity index (χ4v) is 3.44. The van der Waals surface area contributed by atoms with Gasteiger partial charge in [-0.25, -0.2) is 12.7 Å². The van der Waals surface area contributed by atoms with Crippen LogP contribution in [0.15, 0.2) is 48.5 Å². The molecule has 2 aromatic carbocycles. The second-order valence-electron chi connectivity index (χ2n) is 5.81. The van der Waals surface area contributed by atoms with Gasteiger partial charge in [-0.15, -0.1) is 0 Å². The van der Waals surface area contributed by atoms with Crippen molar-refractivity contribution >= 4 is 34.9 Å². The van der Waals surface area contributed by atoms with Crippen LogP contribution in [0.2, 0.25) is 0 Å². The van der Waals surface area contributed by atoms with E-state index in [0.717, 1.165) is 11.1 Å². The predicted octanol–water partition coefficient (Wildman–Crippen LogP) is 4.15. The van der Waals surface area contributed by atoms with Gasteiger partial charge in [0.2, 0.25) is 0 Å². The van der Waals surface area contributed by atoms with E-state index in [1.165, 1.54) is 21.4 Å². The first-order valence-electron chi connectivity index (χ1n) is 7.92. The fraction of sp³-hybridized carbons (Fsp3) is 0.263. The number of benzene rings is 2. The quantitative estimate of drug-likeness (QED) is 0.398. The molecule has 1 aliphatic rings. The van der Waals surface area contributed by atoms with Gasteiger partial charge in [-0.1, -0.05) is 48.5 Å². The number of rotatable bonds is 4. The molecule has 0 saturated carbocycles. The maximum Gasteiger partial charge on any atom is 0.419 e. The van der Waals surface area contributed by atoms with Crippen LogP contribution >= 0.6 is 22.9 Å². The van der Waals surface area contributed by atoms with Crippen molar-refractivity contribution in [2.75, 3.05) is 13.7 Å². The van der Waals surface area contributed by atoms with Crippen molar-refractivity contribution < 1.29 is 19.1 Å². The number of carbonyl (C=O) groups excluding carboxylic acids is 2.